The van der Waals surface area contributed by atoms with Gasteiger partial charge in [0.25, 0.3) is 0 Å². The van der Waals surface area contributed by atoms with E-state index in [9.17, 15) is 18.4 Å². The van der Waals surface area contributed by atoms with E-state index in [0.29, 0.717) is 36.1 Å². The van der Waals surface area contributed by atoms with Gasteiger partial charge in [-0.15, -0.1) is 12.8 Å². The number of nitrogens with zero attached hydrogens (tertiary/aromatic N) is 3. The predicted octanol–water partition coefficient (Wildman–Crippen LogP) is 4.42. The van der Waals surface area contributed by atoms with E-state index in [4.69, 9.17) is 10.5 Å². The van der Waals surface area contributed by atoms with Gasteiger partial charge in [-0.1, -0.05) is 6.92 Å². The zero-order chi connectivity index (χ0) is 29.4. The van der Waals surface area contributed by atoms with Crippen LogP contribution < -0.4 is 15.8 Å². The van der Waals surface area contributed by atoms with E-state index in [-0.39, 0.29) is 30.1 Å². The van der Waals surface area contributed by atoms with Gasteiger partial charge in [0.2, 0.25) is 11.8 Å². The van der Waals surface area contributed by atoms with Crippen molar-refractivity contribution in [2.45, 2.75) is 76.6 Å². The van der Waals surface area contributed by atoms with Crippen molar-refractivity contribution >= 4 is 17.8 Å². The van der Waals surface area contributed by atoms with Gasteiger partial charge in [-0.25, -0.2) is 13.8 Å². The second-order valence-corrected chi connectivity index (χ2v) is 11.5. The maximum atomic E-state index is 14.2. The highest BCUT2D eigenvalue weighted by Crippen LogP contribution is 2.52. The molecule has 1 aliphatic carbocycles. The average Bonchev–Trinajstić information content (AvgIpc) is 3.68. The molecule has 0 bridgehead atoms. The van der Waals surface area contributed by atoms with Crippen LogP contribution in [-0.4, -0.2) is 38.8 Å². The Hall–Kier alpha value is -4.00. The van der Waals surface area contributed by atoms with E-state index in [1.165, 1.54) is 29.3 Å². The van der Waals surface area contributed by atoms with E-state index in [1.54, 1.807) is 6.07 Å². The number of nitrogens with two attached hydrogens (primary N) is 1. The fourth-order valence-electron chi connectivity index (χ4n) is 5.69. The first kappa shape index (κ1) is 29.0. The van der Waals surface area contributed by atoms with Crippen molar-refractivity contribution < 1.29 is 23.1 Å². The molecular formula is C30H35F2N5O3. The van der Waals surface area contributed by atoms with Gasteiger partial charge < -0.3 is 15.8 Å². The van der Waals surface area contributed by atoms with Gasteiger partial charge in [0.05, 0.1) is 30.2 Å². The van der Waals surface area contributed by atoms with Crippen molar-refractivity contribution in [1.29, 1.82) is 0 Å². The second kappa shape index (κ2) is 10.9. The molecule has 5 rings (SSSR count). The summed E-state index contributed by atoms with van der Waals surface area (Å²) in [5.41, 5.74) is 6.20. The molecule has 1 aromatic heterocycles. The third-order valence-corrected chi connectivity index (χ3v) is 7.87. The van der Waals surface area contributed by atoms with Crippen molar-refractivity contribution in [2.75, 3.05) is 0 Å². The highest BCUT2D eigenvalue weighted by Gasteiger charge is 2.53. The fraction of sp³-hybridized carbons (Fsp3) is 0.467. The average molecular weight is 552 g/mol. The molecule has 0 radical (unpaired) electrons. The van der Waals surface area contributed by atoms with Crippen molar-refractivity contribution in [3.8, 4) is 18.6 Å². The van der Waals surface area contributed by atoms with E-state index < -0.39 is 40.8 Å². The van der Waals surface area contributed by atoms with Crippen molar-refractivity contribution in [3.63, 3.8) is 0 Å². The molecule has 40 heavy (non-hydrogen) atoms. The topological polar surface area (TPSA) is 110 Å². The van der Waals surface area contributed by atoms with Crippen LogP contribution in [0.2, 0.25) is 0 Å². The minimum absolute atomic E-state index is 0.0569. The Bertz CT molecular complexity index is 1360. The van der Waals surface area contributed by atoms with Crippen LogP contribution in [0.25, 0.3) is 0 Å². The number of hydrogen-bond donors (Lipinski definition) is 2. The van der Waals surface area contributed by atoms with Gasteiger partial charge in [0, 0.05) is 24.1 Å². The number of terminal acetylenes is 1. The van der Waals surface area contributed by atoms with Crippen LogP contribution in [-0.2, 0) is 9.59 Å². The van der Waals surface area contributed by atoms with Crippen LogP contribution in [0, 0.1) is 36.3 Å². The quantitative estimate of drug-likeness (QED) is 0.517. The zero-order valence-electron chi connectivity index (χ0n) is 23.2. The largest absolute Gasteiger partial charge is 0.487 e. The van der Waals surface area contributed by atoms with Gasteiger partial charge >= 0.3 is 0 Å². The molecule has 1 saturated carbocycles. The maximum Gasteiger partial charge on any atom is 0.232 e. The van der Waals surface area contributed by atoms with Gasteiger partial charge in [0.15, 0.2) is 5.96 Å². The van der Waals surface area contributed by atoms with Gasteiger partial charge in [0.1, 0.15) is 23.0 Å². The summed E-state index contributed by atoms with van der Waals surface area (Å²) < 4.78 is 34.3. The highest BCUT2D eigenvalue weighted by molar-refractivity contribution is 5.99. The van der Waals surface area contributed by atoms with Crippen LogP contribution in [0.3, 0.4) is 0 Å². The van der Waals surface area contributed by atoms with Crippen LogP contribution in [0.5, 0.6) is 5.75 Å². The SMILES string of the molecule is C#C.CC[C@@]1(C)CC(=O)N(C(c2cncc(F)c2)[C@H]2CC2C(=O)N[C@H]2CC(C)(C)Oc3ccc(F)cc32)C(N)=N1. The number of hydrogen-bond acceptors (Lipinski definition) is 6. The minimum Gasteiger partial charge on any atom is -0.487 e. The number of benzene rings is 1. The summed E-state index contributed by atoms with van der Waals surface area (Å²) in [5.74, 6) is -1.58. The Morgan fingerprint density at radius 1 is 1.23 bits per heavy atom. The second-order valence-electron chi connectivity index (χ2n) is 11.5. The van der Waals surface area contributed by atoms with Gasteiger partial charge in [-0.05, 0) is 69.4 Å². The predicted molar refractivity (Wildman–Crippen MR) is 147 cm³/mol. The first-order chi connectivity index (χ1) is 18.9. The lowest BCUT2D eigenvalue weighted by molar-refractivity contribution is -0.132. The Balaban J connectivity index is 0.00000181. The number of guanidine groups is 1. The third kappa shape index (κ3) is 5.79. The van der Waals surface area contributed by atoms with E-state index in [1.807, 2.05) is 27.7 Å². The molecule has 1 aromatic carbocycles. The summed E-state index contributed by atoms with van der Waals surface area (Å²) in [6, 6.07) is 4.47. The maximum absolute atomic E-state index is 14.2. The molecular weight excluding hydrogens is 516 g/mol. The van der Waals surface area contributed by atoms with Crippen molar-refractivity contribution in [2.24, 2.45) is 22.6 Å². The molecule has 2 aromatic rings. The molecule has 2 unspecified atom stereocenters. The van der Waals surface area contributed by atoms with E-state index >= 15 is 0 Å². The van der Waals surface area contributed by atoms with Gasteiger partial charge in [-0.3, -0.25) is 19.5 Å². The molecule has 3 aliphatic rings. The minimum atomic E-state index is -0.692. The number of ether oxygens (including phenoxy) is 1. The fourth-order valence-corrected chi connectivity index (χ4v) is 5.69. The van der Waals surface area contributed by atoms with Crippen molar-refractivity contribution in [1.82, 2.24) is 15.2 Å². The summed E-state index contributed by atoms with van der Waals surface area (Å²) >= 11 is 0. The number of rotatable bonds is 6. The Labute approximate surface area is 233 Å². The number of carbonyl (C=O) groups excluding carboxylic acids is 2. The number of amides is 2. The zero-order valence-corrected chi connectivity index (χ0v) is 23.2. The van der Waals surface area contributed by atoms with Crippen LogP contribution >= 0.6 is 0 Å². The molecule has 10 heteroatoms. The van der Waals surface area contributed by atoms with Crippen LogP contribution in [0.1, 0.15) is 76.6 Å². The molecule has 8 nitrogen and oxygen atoms in total. The number of pyridine rings is 1. The number of aliphatic imine (C=N–C) groups is 1. The number of halogens is 2. The van der Waals surface area contributed by atoms with Gasteiger partial charge in [-0.2, -0.15) is 0 Å². The third-order valence-electron chi connectivity index (χ3n) is 7.87. The first-order valence-corrected chi connectivity index (χ1v) is 13.3. The molecule has 5 atom stereocenters. The summed E-state index contributed by atoms with van der Waals surface area (Å²) in [5, 5.41) is 3.07. The molecule has 2 amide bonds. The molecule has 2 aliphatic heterocycles. The smallest absolute Gasteiger partial charge is 0.232 e. The van der Waals surface area contributed by atoms with Crippen molar-refractivity contribution in [3.05, 3.63) is 59.4 Å². The standard InChI is InChI=1S/C28H33F2N5O3.C2H2/c1-5-28(4)12-23(36)35(26(31)34-28)24(15-8-17(30)14-32-13-15)18-10-19(18)25(37)33-21-11-27(2,3)38-22-7-6-16(29)9-20(21)22;1-2/h6-9,13-14,18-19,21,24H,5,10-12H2,1-4H3,(H2,31,34)(H,33,37);1-2H/t18-,19?,21-,24?,28-;/m0./s1. The summed E-state index contributed by atoms with van der Waals surface area (Å²) in [4.78, 5) is 36.8. The monoisotopic (exact) mass is 551 g/mol. The first-order valence-electron chi connectivity index (χ1n) is 13.3. The Morgan fingerprint density at radius 2 is 1.95 bits per heavy atom. The van der Waals surface area contributed by atoms with Crippen LogP contribution in [0.15, 0.2) is 41.7 Å². The van der Waals surface area contributed by atoms with E-state index in [0.717, 1.165) is 6.20 Å². The molecule has 3 heterocycles. The molecule has 3 N–H and O–H groups in total. The Kier molecular flexibility index (Phi) is 7.88. The summed E-state index contributed by atoms with van der Waals surface area (Å²) in [7, 11) is 0. The normalized spacial score (nSPS) is 27.2. The number of aromatic nitrogens is 1. The number of fused-ring (bicyclic) bond motifs is 1. The van der Waals surface area contributed by atoms with E-state index in [2.05, 4.69) is 28.1 Å². The molecule has 0 saturated heterocycles. The highest BCUT2D eigenvalue weighted by atomic mass is 19.1. The number of nitrogens with one attached hydrogen (secondary N) is 1. The lowest BCUT2D eigenvalue weighted by atomic mass is 9.89. The molecule has 0 spiro atoms. The molecule has 1 fully saturated rings. The lowest BCUT2D eigenvalue weighted by Gasteiger charge is -2.39. The Morgan fingerprint density at radius 3 is 2.60 bits per heavy atom. The summed E-state index contributed by atoms with van der Waals surface area (Å²) in [6.45, 7) is 7.65. The molecule has 212 valence electrons. The number of carbonyl (C=O) groups is 2. The summed E-state index contributed by atoms with van der Waals surface area (Å²) in [6.07, 6.45) is 12.3. The lowest BCUT2D eigenvalue weighted by Crippen LogP contribution is -2.52. The van der Waals surface area contributed by atoms with Crippen LogP contribution in [0.4, 0.5) is 8.78 Å².